The molecule has 2 atom stereocenters. The minimum atomic E-state index is -3.58. The van der Waals surface area contributed by atoms with E-state index in [0.717, 1.165) is 12.8 Å². The second-order valence-corrected chi connectivity index (χ2v) is 7.59. The number of anilines is 1. The topological polar surface area (TPSA) is 92.9 Å². The Morgan fingerprint density at radius 2 is 1.90 bits per heavy atom. The highest BCUT2D eigenvalue weighted by molar-refractivity contribution is 7.89. The number of nitrogen functional groups attached to an aromatic ring is 1. The number of methoxy groups -OCH3 is 1. The van der Waals surface area contributed by atoms with E-state index in [2.05, 4.69) is 0 Å². The number of nitrogens with two attached hydrogens (primary N) is 1. The SMILES string of the molecule is COc1ccc(S(=O)(=O)N2C3CCC2CC(O)C3)cc1N. The molecule has 2 bridgehead atoms. The van der Waals surface area contributed by atoms with Gasteiger partial charge in [-0.05, 0) is 43.9 Å². The number of ether oxygens (including phenoxy) is 1. The largest absolute Gasteiger partial charge is 0.495 e. The highest BCUT2D eigenvalue weighted by Gasteiger charge is 2.46. The zero-order valence-corrected chi connectivity index (χ0v) is 12.7. The first kappa shape index (κ1) is 14.6. The summed E-state index contributed by atoms with van der Waals surface area (Å²) in [7, 11) is -2.09. The third kappa shape index (κ3) is 2.39. The summed E-state index contributed by atoms with van der Waals surface area (Å²) in [6.45, 7) is 0. The van der Waals surface area contributed by atoms with Crippen molar-refractivity contribution in [1.82, 2.24) is 4.31 Å². The summed E-state index contributed by atoms with van der Waals surface area (Å²) in [6, 6.07) is 4.33. The maximum Gasteiger partial charge on any atom is 0.243 e. The van der Waals surface area contributed by atoms with E-state index in [-0.39, 0.29) is 17.0 Å². The molecule has 21 heavy (non-hydrogen) atoms. The summed E-state index contributed by atoms with van der Waals surface area (Å²) in [4.78, 5) is 0.189. The summed E-state index contributed by atoms with van der Waals surface area (Å²) >= 11 is 0. The Balaban J connectivity index is 1.96. The number of piperidine rings is 1. The Morgan fingerprint density at radius 1 is 1.29 bits per heavy atom. The molecule has 3 rings (SSSR count). The van der Waals surface area contributed by atoms with Crippen molar-refractivity contribution < 1.29 is 18.3 Å². The van der Waals surface area contributed by atoms with Gasteiger partial charge < -0.3 is 15.6 Å². The molecule has 0 saturated carbocycles. The van der Waals surface area contributed by atoms with Gasteiger partial charge in [0.2, 0.25) is 10.0 Å². The predicted octanol–water partition coefficient (Wildman–Crippen LogP) is 0.954. The molecule has 2 aliphatic rings. The maximum atomic E-state index is 12.9. The van der Waals surface area contributed by atoms with E-state index < -0.39 is 16.1 Å². The van der Waals surface area contributed by atoms with Crippen LogP contribution in [0.2, 0.25) is 0 Å². The molecule has 0 spiro atoms. The first-order chi connectivity index (χ1) is 9.93. The minimum absolute atomic E-state index is 0.105. The lowest BCUT2D eigenvalue weighted by Gasteiger charge is -2.36. The van der Waals surface area contributed by atoms with Crippen LogP contribution in [0.1, 0.15) is 25.7 Å². The number of sulfonamides is 1. The Labute approximate surface area is 124 Å². The van der Waals surface area contributed by atoms with Crippen LogP contribution in [0.15, 0.2) is 23.1 Å². The average molecular weight is 312 g/mol. The molecule has 1 aromatic carbocycles. The van der Waals surface area contributed by atoms with Crippen molar-refractivity contribution in [3.05, 3.63) is 18.2 Å². The summed E-state index contributed by atoms with van der Waals surface area (Å²) in [5.41, 5.74) is 6.13. The molecule has 3 N–H and O–H groups in total. The molecule has 0 amide bonds. The molecule has 2 heterocycles. The Hall–Kier alpha value is -1.31. The number of rotatable bonds is 3. The fraction of sp³-hybridized carbons (Fsp3) is 0.571. The number of hydrogen-bond acceptors (Lipinski definition) is 5. The van der Waals surface area contributed by atoms with Crippen LogP contribution in [0.5, 0.6) is 5.75 Å². The number of aliphatic hydroxyl groups is 1. The van der Waals surface area contributed by atoms with Crippen LogP contribution in [0.3, 0.4) is 0 Å². The van der Waals surface area contributed by atoms with E-state index in [1.54, 1.807) is 10.4 Å². The molecule has 6 nitrogen and oxygen atoms in total. The van der Waals surface area contributed by atoms with Gasteiger partial charge in [-0.25, -0.2) is 8.42 Å². The third-order valence-electron chi connectivity index (χ3n) is 4.42. The summed E-state index contributed by atoms with van der Waals surface area (Å²) < 4.78 is 32.3. The lowest BCUT2D eigenvalue weighted by molar-refractivity contribution is 0.0769. The number of nitrogens with zero attached hydrogens (tertiary/aromatic N) is 1. The fourth-order valence-electron chi connectivity index (χ4n) is 3.49. The van der Waals surface area contributed by atoms with Crippen molar-refractivity contribution in [1.29, 1.82) is 0 Å². The molecule has 2 unspecified atom stereocenters. The second kappa shape index (κ2) is 5.15. The van der Waals surface area contributed by atoms with Crippen LogP contribution >= 0.6 is 0 Å². The van der Waals surface area contributed by atoms with Gasteiger partial charge in [-0.2, -0.15) is 4.31 Å². The first-order valence-corrected chi connectivity index (χ1v) is 8.52. The lowest BCUT2D eigenvalue weighted by Crippen LogP contribution is -2.47. The molecule has 7 heteroatoms. The van der Waals surface area contributed by atoms with Crippen molar-refractivity contribution in [2.45, 2.75) is 48.8 Å². The average Bonchev–Trinajstić information content (AvgIpc) is 2.72. The molecule has 0 radical (unpaired) electrons. The van der Waals surface area contributed by atoms with Gasteiger partial charge in [0.05, 0.1) is 23.8 Å². The van der Waals surface area contributed by atoms with E-state index >= 15 is 0 Å². The first-order valence-electron chi connectivity index (χ1n) is 7.08. The van der Waals surface area contributed by atoms with Crippen LogP contribution in [-0.4, -0.2) is 43.1 Å². The summed E-state index contributed by atoms with van der Waals surface area (Å²) in [5.74, 6) is 0.464. The molecule has 116 valence electrons. The van der Waals surface area contributed by atoms with Gasteiger partial charge >= 0.3 is 0 Å². The van der Waals surface area contributed by atoms with Crippen LogP contribution in [0, 0.1) is 0 Å². The van der Waals surface area contributed by atoms with Gasteiger partial charge in [-0.1, -0.05) is 0 Å². The Morgan fingerprint density at radius 3 is 2.43 bits per heavy atom. The third-order valence-corrected chi connectivity index (χ3v) is 6.42. The van der Waals surface area contributed by atoms with Crippen molar-refractivity contribution in [2.75, 3.05) is 12.8 Å². The summed E-state index contributed by atoms with van der Waals surface area (Å²) in [5, 5.41) is 9.80. The number of benzene rings is 1. The smallest absolute Gasteiger partial charge is 0.243 e. The van der Waals surface area contributed by atoms with Crippen molar-refractivity contribution >= 4 is 15.7 Å². The van der Waals surface area contributed by atoms with Crippen molar-refractivity contribution in [3.8, 4) is 5.75 Å². The second-order valence-electron chi connectivity index (χ2n) is 5.75. The van der Waals surface area contributed by atoms with Gasteiger partial charge in [0, 0.05) is 12.1 Å². The quantitative estimate of drug-likeness (QED) is 0.811. The number of hydrogen-bond donors (Lipinski definition) is 2. The molecular weight excluding hydrogens is 292 g/mol. The van der Waals surface area contributed by atoms with Gasteiger partial charge in [-0.3, -0.25) is 0 Å². The predicted molar refractivity (Wildman–Crippen MR) is 78.5 cm³/mol. The van der Waals surface area contributed by atoms with E-state index in [4.69, 9.17) is 10.5 Å². The van der Waals surface area contributed by atoms with Gasteiger partial charge in [0.15, 0.2) is 0 Å². The van der Waals surface area contributed by atoms with E-state index in [1.807, 2.05) is 0 Å². The molecule has 2 saturated heterocycles. The van der Waals surface area contributed by atoms with Gasteiger partial charge in [-0.15, -0.1) is 0 Å². The lowest BCUT2D eigenvalue weighted by atomic mass is 10.0. The molecule has 2 aliphatic heterocycles. The standard InChI is InChI=1S/C14H20N2O4S/c1-20-14-5-4-12(8-13(14)15)21(18,19)16-9-2-3-10(16)7-11(17)6-9/h4-5,8-11,17H,2-3,6-7,15H2,1H3. The normalized spacial score (nSPS) is 29.5. The molecular formula is C14H20N2O4S. The summed E-state index contributed by atoms with van der Waals surface area (Å²) in [6.07, 6.45) is 2.26. The Kier molecular flexibility index (Phi) is 3.59. The van der Waals surface area contributed by atoms with E-state index in [9.17, 15) is 13.5 Å². The van der Waals surface area contributed by atoms with E-state index in [1.165, 1.54) is 19.2 Å². The Bertz CT molecular complexity index is 632. The highest BCUT2D eigenvalue weighted by atomic mass is 32.2. The van der Waals surface area contributed by atoms with Gasteiger partial charge in [0.25, 0.3) is 0 Å². The minimum Gasteiger partial charge on any atom is -0.495 e. The van der Waals surface area contributed by atoms with Gasteiger partial charge in [0.1, 0.15) is 5.75 Å². The molecule has 1 aromatic rings. The zero-order chi connectivity index (χ0) is 15.2. The van der Waals surface area contributed by atoms with Crippen LogP contribution in [0.25, 0.3) is 0 Å². The molecule has 0 aliphatic carbocycles. The fourth-order valence-corrected chi connectivity index (χ4v) is 5.42. The monoisotopic (exact) mass is 312 g/mol. The van der Waals surface area contributed by atoms with Crippen molar-refractivity contribution in [2.24, 2.45) is 0 Å². The van der Waals surface area contributed by atoms with Crippen LogP contribution in [-0.2, 0) is 10.0 Å². The maximum absolute atomic E-state index is 12.9. The van der Waals surface area contributed by atoms with Crippen molar-refractivity contribution in [3.63, 3.8) is 0 Å². The molecule has 2 fully saturated rings. The molecule has 0 aromatic heterocycles. The van der Waals surface area contributed by atoms with Crippen LogP contribution in [0.4, 0.5) is 5.69 Å². The number of fused-ring (bicyclic) bond motifs is 2. The van der Waals surface area contributed by atoms with E-state index in [0.29, 0.717) is 24.3 Å². The van der Waals surface area contributed by atoms with Crippen LogP contribution < -0.4 is 10.5 Å². The zero-order valence-electron chi connectivity index (χ0n) is 11.9. The number of aliphatic hydroxyl groups excluding tert-OH is 1. The highest BCUT2D eigenvalue weighted by Crippen LogP contribution is 2.40.